The molecular formula is C15H20BrNOS. The summed E-state index contributed by atoms with van der Waals surface area (Å²) in [5, 5.41) is 3.22. The van der Waals surface area contributed by atoms with E-state index in [1.165, 1.54) is 42.5 Å². The van der Waals surface area contributed by atoms with Crippen molar-refractivity contribution >= 4 is 33.2 Å². The topological polar surface area (TPSA) is 29.1 Å². The fourth-order valence-corrected chi connectivity index (χ4v) is 4.74. The minimum absolute atomic E-state index is 0.150. The summed E-state index contributed by atoms with van der Waals surface area (Å²) < 4.78 is 0. The summed E-state index contributed by atoms with van der Waals surface area (Å²) in [5.74, 6) is 0.150. The molecule has 0 atom stereocenters. The Kier molecular flexibility index (Phi) is 4.27. The number of nitrogens with one attached hydrogen (secondary N) is 1. The van der Waals surface area contributed by atoms with Gasteiger partial charge in [-0.15, -0.1) is 11.3 Å². The van der Waals surface area contributed by atoms with E-state index in [9.17, 15) is 4.79 Å². The van der Waals surface area contributed by atoms with Crippen LogP contribution in [0.15, 0.2) is 6.07 Å². The molecule has 3 rings (SSSR count). The van der Waals surface area contributed by atoms with Gasteiger partial charge < -0.3 is 5.32 Å². The maximum absolute atomic E-state index is 12.3. The average Bonchev–Trinajstić information content (AvgIpc) is 2.85. The Balaban J connectivity index is 1.62. The van der Waals surface area contributed by atoms with Crippen molar-refractivity contribution in [3.05, 3.63) is 21.4 Å². The van der Waals surface area contributed by atoms with Gasteiger partial charge in [0.1, 0.15) is 0 Å². The summed E-state index contributed by atoms with van der Waals surface area (Å²) in [5.41, 5.74) is 1.42. The van der Waals surface area contributed by atoms with Crippen molar-refractivity contribution in [2.24, 2.45) is 0 Å². The first-order valence-electron chi connectivity index (χ1n) is 7.29. The second kappa shape index (κ2) is 5.96. The van der Waals surface area contributed by atoms with Crippen molar-refractivity contribution in [2.45, 2.75) is 62.2 Å². The fourth-order valence-electron chi connectivity index (χ4n) is 3.06. The SMILES string of the molecule is O=C(NC1CCC(Br)CC1)c1cc2c(s1)CCCC2. The van der Waals surface area contributed by atoms with E-state index in [-0.39, 0.29) is 5.91 Å². The summed E-state index contributed by atoms with van der Waals surface area (Å²) in [6, 6.07) is 2.50. The Morgan fingerprint density at radius 3 is 2.68 bits per heavy atom. The van der Waals surface area contributed by atoms with Gasteiger partial charge in [-0.05, 0) is 63.0 Å². The molecule has 0 spiro atoms. The van der Waals surface area contributed by atoms with Crippen molar-refractivity contribution < 1.29 is 4.79 Å². The Labute approximate surface area is 127 Å². The number of rotatable bonds is 2. The van der Waals surface area contributed by atoms with Crippen molar-refractivity contribution in [3.8, 4) is 0 Å². The standard InChI is InChI=1S/C15H20BrNOS/c16-11-5-7-12(8-6-11)17-15(18)14-9-10-3-1-2-4-13(10)19-14/h9,11-12H,1-8H2,(H,17,18). The molecule has 0 aliphatic heterocycles. The van der Waals surface area contributed by atoms with Crippen molar-refractivity contribution in [3.63, 3.8) is 0 Å². The van der Waals surface area contributed by atoms with Crippen LogP contribution in [0.2, 0.25) is 0 Å². The number of hydrogen-bond donors (Lipinski definition) is 1. The normalized spacial score (nSPS) is 26.8. The molecule has 104 valence electrons. The third kappa shape index (κ3) is 3.22. The minimum atomic E-state index is 0.150. The predicted octanol–water partition coefficient (Wildman–Crippen LogP) is 4.06. The van der Waals surface area contributed by atoms with Crippen LogP contribution in [0, 0.1) is 0 Å². The highest BCUT2D eigenvalue weighted by molar-refractivity contribution is 9.09. The molecule has 1 fully saturated rings. The van der Waals surface area contributed by atoms with E-state index in [1.807, 2.05) is 0 Å². The molecule has 2 nitrogen and oxygen atoms in total. The smallest absolute Gasteiger partial charge is 0.261 e. The number of carbonyl (C=O) groups is 1. The number of hydrogen-bond acceptors (Lipinski definition) is 2. The van der Waals surface area contributed by atoms with Gasteiger partial charge in [-0.25, -0.2) is 0 Å². The average molecular weight is 342 g/mol. The molecular weight excluding hydrogens is 322 g/mol. The number of aryl methyl sites for hydroxylation is 2. The van der Waals surface area contributed by atoms with Gasteiger partial charge >= 0.3 is 0 Å². The molecule has 0 aromatic carbocycles. The Bertz CT molecular complexity index is 439. The Morgan fingerprint density at radius 1 is 1.21 bits per heavy atom. The number of thiophene rings is 1. The van der Waals surface area contributed by atoms with Gasteiger partial charge in [-0.1, -0.05) is 15.9 Å². The molecule has 19 heavy (non-hydrogen) atoms. The van der Waals surface area contributed by atoms with Crippen molar-refractivity contribution in [1.29, 1.82) is 0 Å². The molecule has 1 amide bonds. The third-order valence-corrected chi connectivity index (χ3v) is 6.36. The molecule has 0 radical (unpaired) electrons. The van der Waals surface area contributed by atoms with Crippen LogP contribution >= 0.6 is 27.3 Å². The summed E-state index contributed by atoms with van der Waals surface area (Å²) in [6.07, 6.45) is 9.44. The fraction of sp³-hybridized carbons (Fsp3) is 0.667. The molecule has 2 aliphatic rings. The maximum atomic E-state index is 12.3. The van der Waals surface area contributed by atoms with Gasteiger partial charge in [0.25, 0.3) is 5.91 Å². The molecule has 1 heterocycles. The number of amides is 1. The van der Waals surface area contributed by atoms with E-state index in [2.05, 4.69) is 27.3 Å². The highest BCUT2D eigenvalue weighted by Crippen LogP contribution is 2.30. The summed E-state index contributed by atoms with van der Waals surface area (Å²) in [7, 11) is 0. The van der Waals surface area contributed by atoms with Crippen LogP contribution in [0.4, 0.5) is 0 Å². The highest BCUT2D eigenvalue weighted by Gasteiger charge is 2.23. The van der Waals surface area contributed by atoms with E-state index in [0.29, 0.717) is 10.9 Å². The van der Waals surface area contributed by atoms with E-state index >= 15 is 0 Å². The van der Waals surface area contributed by atoms with E-state index in [4.69, 9.17) is 0 Å². The van der Waals surface area contributed by atoms with Gasteiger partial charge in [0.05, 0.1) is 4.88 Å². The minimum Gasteiger partial charge on any atom is -0.349 e. The van der Waals surface area contributed by atoms with Gasteiger partial charge in [0, 0.05) is 15.7 Å². The monoisotopic (exact) mass is 341 g/mol. The maximum Gasteiger partial charge on any atom is 0.261 e. The second-order valence-electron chi connectivity index (χ2n) is 5.69. The predicted molar refractivity (Wildman–Crippen MR) is 83.4 cm³/mol. The van der Waals surface area contributed by atoms with E-state index in [1.54, 1.807) is 11.3 Å². The van der Waals surface area contributed by atoms with Crippen LogP contribution in [-0.4, -0.2) is 16.8 Å². The van der Waals surface area contributed by atoms with Crippen LogP contribution in [0.25, 0.3) is 0 Å². The lowest BCUT2D eigenvalue weighted by molar-refractivity contribution is 0.0932. The lowest BCUT2D eigenvalue weighted by Gasteiger charge is -2.25. The molecule has 1 saturated carbocycles. The van der Waals surface area contributed by atoms with E-state index < -0.39 is 0 Å². The van der Waals surface area contributed by atoms with Crippen molar-refractivity contribution in [2.75, 3.05) is 0 Å². The van der Waals surface area contributed by atoms with E-state index in [0.717, 1.165) is 24.1 Å². The number of fused-ring (bicyclic) bond motifs is 1. The molecule has 2 aliphatic carbocycles. The molecule has 0 saturated heterocycles. The largest absolute Gasteiger partial charge is 0.349 e. The zero-order chi connectivity index (χ0) is 13.2. The van der Waals surface area contributed by atoms with Crippen molar-refractivity contribution in [1.82, 2.24) is 5.32 Å². The molecule has 1 N–H and O–H groups in total. The highest BCUT2D eigenvalue weighted by atomic mass is 79.9. The lowest BCUT2D eigenvalue weighted by Crippen LogP contribution is -2.37. The Hall–Kier alpha value is -0.350. The first-order valence-corrected chi connectivity index (χ1v) is 9.02. The number of halogens is 1. The van der Waals surface area contributed by atoms with Gasteiger partial charge in [-0.2, -0.15) is 0 Å². The number of alkyl halides is 1. The first kappa shape index (κ1) is 13.6. The van der Waals surface area contributed by atoms with Gasteiger partial charge in [-0.3, -0.25) is 4.79 Å². The summed E-state index contributed by atoms with van der Waals surface area (Å²) in [6.45, 7) is 0. The first-order chi connectivity index (χ1) is 9.22. The summed E-state index contributed by atoms with van der Waals surface area (Å²) in [4.78, 5) is 15.3. The molecule has 0 unspecified atom stereocenters. The van der Waals surface area contributed by atoms with Gasteiger partial charge in [0.15, 0.2) is 0 Å². The molecule has 1 aromatic heterocycles. The van der Waals surface area contributed by atoms with Crippen LogP contribution in [0.1, 0.15) is 58.6 Å². The zero-order valence-corrected chi connectivity index (χ0v) is 13.5. The third-order valence-electron chi connectivity index (χ3n) is 4.21. The zero-order valence-electron chi connectivity index (χ0n) is 11.1. The van der Waals surface area contributed by atoms with Crippen LogP contribution in [0.3, 0.4) is 0 Å². The number of carbonyl (C=O) groups excluding carboxylic acids is 1. The quantitative estimate of drug-likeness (QED) is 0.807. The molecule has 4 heteroatoms. The lowest BCUT2D eigenvalue weighted by atomic mass is 9.95. The molecule has 0 bridgehead atoms. The summed E-state index contributed by atoms with van der Waals surface area (Å²) >= 11 is 5.37. The second-order valence-corrected chi connectivity index (χ2v) is 8.12. The van der Waals surface area contributed by atoms with Crippen LogP contribution < -0.4 is 5.32 Å². The Morgan fingerprint density at radius 2 is 1.95 bits per heavy atom. The van der Waals surface area contributed by atoms with Gasteiger partial charge in [0.2, 0.25) is 0 Å². The molecule has 1 aromatic rings. The van der Waals surface area contributed by atoms with Crippen LogP contribution in [0.5, 0.6) is 0 Å². The van der Waals surface area contributed by atoms with Crippen LogP contribution in [-0.2, 0) is 12.8 Å².